The monoisotopic (exact) mass is 211 g/mol. The number of hydrogen-bond acceptors (Lipinski definition) is 3. The van der Waals surface area contributed by atoms with E-state index in [1.54, 1.807) is 15.6 Å². The van der Waals surface area contributed by atoms with Gasteiger partial charge in [-0.3, -0.25) is 0 Å². The molecule has 2 aromatic heterocycles. The molecule has 5 nitrogen and oxygen atoms in total. The molecule has 0 aliphatic carbocycles. The van der Waals surface area contributed by atoms with Gasteiger partial charge in [-0.2, -0.15) is 5.10 Å². The highest BCUT2D eigenvalue weighted by Gasteiger charge is 2.03. The van der Waals surface area contributed by atoms with Crippen LogP contribution in [-0.4, -0.2) is 24.8 Å². The summed E-state index contributed by atoms with van der Waals surface area (Å²) in [5.41, 5.74) is 0.980. The molecule has 0 unspecified atom stereocenters. The Morgan fingerprint density at radius 1 is 0.938 bits per heavy atom. The summed E-state index contributed by atoms with van der Waals surface area (Å²) in [6, 6.07) is 11.7. The molecule has 0 aliphatic heterocycles. The van der Waals surface area contributed by atoms with Crippen LogP contribution in [0.15, 0.2) is 55.0 Å². The maximum Gasteiger partial charge on any atom is 0.195 e. The molecule has 3 rings (SSSR count). The lowest BCUT2D eigenvalue weighted by atomic mass is 10.3. The van der Waals surface area contributed by atoms with Crippen molar-refractivity contribution in [2.45, 2.75) is 0 Å². The van der Waals surface area contributed by atoms with Gasteiger partial charge in [-0.25, -0.2) is 9.36 Å². The summed E-state index contributed by atoms with van der Waals surface area (Å²) in [6.07, 6.45) is 5.38. The minimum atomic E-state index is 0.703. The average molecular weight is 211 g/mol. The summed E-state index contributed by atoms with van der Waals surface area (Å²) >= 11 is 0. The smallest absolute Gasteiger partial charge is 0.195 e. The summed E-state index contributed by atoms with van der Waals surface area (Å²) in [6.45, 7) is 0. The summed E-state index contributed by atoms with van der Waals surface area (Å²) in [5.74, 6) is 0.703. The Bertz CT molecular complexity index is 567. The first-order chi connectivity index (χ1) is 7.93. The second-order valence-electron chi connectivity index (χ2n) is 3.31. The molecule has 0 saturated carbocycles. The van der Waals surface area contributed by atoms with Crippen LogP contribution in [0.4, 0.5) is 0 Å². The van der Waals surface area contributed by atoms with Gasteiger partial charge in [-0.1, -0.05) is 23.4 Å². The van der Waals surface area contributed by atoms with Crippen LogP contribution in [0.1, 0.15) is 0 Å². The van der Waals surface area contributed by atoms with E-state index in [-0.39, 0.29) is 0 Å². The zero-order chi connectivity index (χ0) is 10.8. The normalized spacial score (nSPS) is 10.5. The van der Waals surface area contributed by atoms with Crippen LogP contribution in [0.5, 0.6) is 0 Å². The summed E-state index contributed by atoms with van der Waals surface area (Å²) < 4.78 is 3.39. The summed E-state index contributed by atoms with van der Waals surface area (Å²) in [4.78, 5) is 0. The molecule has 5 heteroatoms. The Morgan fingerprint density at radius 3 is 2.56 bits per heavy atom. The average Bonchev–Trinajstić information content (AvgIpc) is 3.01. The first kappa shape index (κ1) is 8.84. The Kier molecular flexibility index (Phi) is 2.00. The molecule has 2 heterocycles. The second-order valence-corrected chi connectivity index (χ2v) is 3.31. The van der Waals surface area contributed by atoms with Crippen LogP contribution < -0.4 is 0 Å². The zero-order valence-electron chi connectivity index (χ0n) is 8.43. The Morgan fingerprint density at radius 2 is 1.81 bits per heavy atom. The fraction of sp³-hybridized carbons (Fsp3) is 0. The maximum absolute atomic E-state index is 4.09. The van der Waals surface area contributed by atoms with Crippen LogP contribution in [-0.2, 0) is 0 Å². The molecular formula is C11H9N5. The van der Waals surface area contributed by atoms with Gasteiger partial charge in [0, 0.05) is 12.4 Å². The number of rotatable bonds is 2. The topological polar surface area (TPSA) is 48.5 Å². The third-order valence-electron chi connectivity index (χ3n) is 2.24. The Labute approximate surface area is 91.9 Å². The molecule has 16 heavy (non-hydrogen) atoms. The number of benzene rings is 1. The number of para-hydroxylation sites is 1. The van der Waals surface area contributed by atoms with Gasteiger partial charge < -0.3 is 0 Å². The van der Waals surface area contributed by atoms with E-state index < -0.39 is 0 Å². The molecular weight excluding hydrogens is 202 g/mol. The predicted molar refractivity (Wildman–Crippen MR) is 58.5 cm³/mol. The Hall–Kier alpha value is -2.43. The highest BCUT2D eigenvalue weighted by atomic mass is 15.5. The van der Waals surface area contributed by atoms with E-state index in [9.17, 15) is 0 Å². The van der Waals surface area contributed by atoms with Crippen molar-refractivity contribution in [1.29, 1.82) is 0 Å². The predicted octanol–water partition coefficient (Wildman–Crippen LogP) is 1.45. The van der Waals surface area contributed by atoms with Crippen molar-refractivity contribution in [3.05, 3.63) is 55.0 Å². The van der Waals surface area contributed by atoms with Gasteiger partial charge in [0.2, 0.25) is 0 Å². The van der Waals surface area contributed by atoms with Crippen LogP contribution in [0.3, 0.4) is 0 Å². The van der Waals surface area contributed by atoms with Gasteiger partial charge in [0.1, 0.15) is 0 Å². The second kappa shape index (κ2) is 3.62. The first-order valence-electron chi connectivity index (χ1n) is 4.91. The van der Waals surface area contributed by atoms with Gasteiger partial charge in [0.15, 0.2) is 5.82 Å². The van der Waals surface area contributed by atoms with Crippen molar-refractivity contribution in [2.75, 3.05) is 0 Å². The highest BCUT2D eigenvalue weighted by molar-refractivity contribution is 5.31. The maximum atomic E-state index is 4.09. The lowest BCUT2D eigenvalue weighted by Crippen LogP contribution is -1.94. The van der Waals surface area contributed by atoms with E-state index in [1.807, 2.05) is 48.8 Å². The van der Waals surface area contributed by atoms with E-state index in [2.05, 4.69) is 15.4 Å². The Balaban J connectivity index is 2.00. The van der Waals surface area contributed by atoms with Crippen molar-refractivity contribution in [1.82, 2.24) is 24.8 Å². The van der Waals surface area contributed by atoms with Crippen LogP contribution in [0, 0.1) is 0 Å². The van der Waals surface area contributed by atoms with Crippen LogP contribution in [0.25, 0.3) is 11.5 Å². The third-order valence-corrected chi connectivity index (χ3v) is 2.24. The van der Waals surface area contributed by atoms with E-state index in [0.29, 0.717) is 5.82 Å². The van der Waals surface area contributed by atoms with E-state index in [1.165, 1.54) is 0 Å². The summed E-state index contributed by atoms with van der Waals surface area (Å²) in [5, 5.41) is 12.2. The minimum Gasteiger partial charge on any atom is -0.220 e. The molecule has 3 aromatic rings. The molecule has 0 bridgehead atoms. The third kappa shape index (κ3) is 1.48. The fourth-order valence-corrected chi connectivity index (χ4v) is 1.47. The lowest BCUT2D eigenvalue weighted by molar-refractivity contribution is 0.788. The molecule has 0 amide bonds. The summed E-state index contributed by atoms with van der Waals surface area (Å²) in [7, 11) is 0. The number of nitrogens with zero attached hydrogens (tertiary/aromatic N) is 5. The van der Waals surface area contributed by atoms with E-state index >= 15 is 0 Å². The molecule has 78 valence electrons. The molecule has 0 N–H and O–H groups in total. The zero-order valence-corrected chi connectivity index (χ0v) is 8.43. The lowest BCUT2D eigenvalue weighted by Gasteiger charge is -1.97. The molecule has 0 spiro atoms. The van der Waals surface area contributed by atoms with Crippen molar-refractivity contribution >= 4 is 0 Å². The van der Waals surface area contributed by atoms with Gasteiger partial charge in [-0.05, 0) is 18.2 Å². The minimum absolute atomic E-state index is 0.703. The largest absolute Gasteiger partial charge is 0.220 e. The van der Waals surface area contributed by atoms with Crippen molar-refractivity contribution in [3.63, 3.8) is 0 Å². The SMILES string of the molecule is c1ccc(-n2cc(-n3cccn3)nn2)cc1. The molecule has 0 atom stereocenters. The van der Waals surface area contributed by atoms with Crippen molar-refractivity contribution in [2.24, 2.45) is 0 Å². The molecule has 1 aromatic carbocycles. The van der Waals surface area contributed by atoms with Crippen molar-refractivity contribution in [3.8, 4) is 11.5 Å². The number of aromatic nitrogens is 5. The fourth-order valence-electron chi connectivity index (χ4n) is 1.47. The van der Waals surface area contributed by atoms with Gasteiger partial charge in [0.25, 0.3) is 0 Å². The van der Waals surface area contributed by atoms with Crippen LogP contribution >= 0.6 is 0 Å². The first-order valence-corrected chi connectivity index (χ1v) is 4.91. The van der Waals surface area contributed by atoms with Gasteiger partial charge >= 0.3 is 0 Å². The molecule has 0 fully saturated rings. The van der Waals surface area contributed by atoms with E-state index in [0.717, 1.165) is 5.69 Å². The van der Waals surface area contributed by atoms with E-state index in [4.69, 9.17) is 0 Å². The molecule has 0 saturated heterocycles. The quantitative estimate of drug-likeness (QED) is 0.644. The van der Waals surface area contributed by atoms with Crippen molar-refractivity contribution < 1.29 is 0 Å². The van der Waals surface area contributed by atoms with Gasteiger partial charge in [0.05, 0.1) is 11.9 Å². The highest BCUT2D eigenvalue weighted by Crippen LogP contribution is 2.07. The van der Waals surface area contributed by atoms with Gasteiger partial charge in [-0.15, -0.1) is 5.10 Å². The standard InChI is InChI=1S/C11H9N5/c1-2-5-10(6-3-1)16-9-11(13-14-16)15-8-4-7-12-15/h1-9H. The van der Waals surface area contributed by atoms with Crippen LogP contribution in [0.2, 0.25) is 0 Å². The molecule has 0 aliphatic rings. The molecule has 0 radical (unpaired) electrons. The number of hydrogen-bond donors (Lipinski definition) is 0.